The number of benzene rings is 4. The van der Waals surface area contributed by atoms with Gasteiger partial charge in [0.05, 0.1) is 39.1 Å². The molecule has 4 aromatic rings. The minimum Gasteiger partial charge on any atom is -0.465 e. The fraction of sp³-hybridized carbons (Fsp3) is 0.265. The van der Waals surface area contributed by atoms with Gasteiger partial charge in [0.15, 0.2) is 0 Å². The molecular formula is C34H34O6. The summed E-state index contributed by atoms with van der Waals surface area (Å²) < 4.78 is 30.7. The summed E-state index contributed by atoms with van der Waals surface area (Å²) in [5, 5.41) is 0. The fourth-order valence-corrected chi connectivity index (χ4v) is 4.84. The Labute approximate surface area is 235 Å². The van der Waals surface area contributed by atoms with Crippen LogP contribution in [0.1, 0.15) is 38.7 Å². The number of hydrogen-bond donors (Lipinski definition) is 0. The van der Waals surface area contributed by atoms with Crippen LogP contribution in [0.25, 0.3) is 0 Å². The van der Waals surface area contributed by atoms with Crippen LogP contribution >= 0.6 is 0 Å². The molecule has 1 fully saturated rings. The van der Waals surface area contributed by atoms with E-state index in [4.69, 9.17) is 23.7 Å². The van der Waals surface area contributed by atoms with Crippen molar-refractivity contribution in [1.82, 2.24) is 0 Å². The standard InChI is InChI=1S/C34H34O6/c1-36-34(35)29-19-17-28(18-20-29)31-33(39-23-27-15-9-4-10-16-27)32(38-22-26-13-7-3-8-14-26)30(40-31)24-37-21-25-11-5-2-6-12-25/h2-20,30-33H,21-24H2,1H3/t30-,31+,32-,33+/m1/s1. The van der Waals surface area contributed by atoms with Gasteiger partial charge in [0.1, 0.15) is 24.4 Å². The molecule has 0 amide bonds. The second-order valence-corrected chi connectivity index (χ2v) is 9.73. The van der Waals surface area contributed by atoms with Crippen LogP contribution in [0, 0.1) is 0 Å². The van der Waals surface area contributed by atoms with Crippen LogP contribution in [0.4, 0.5) is 0 Å². The Morgan fingerprint density at radius 3 is 1.68 bits per heavy atom. The Balaban J connectivity index is 1.39. The molecular weight excluding hydrogens is 504 g/mol. The van der Waals surface area contributed by atoms with Crippen molar-refractivity contribution in [3.05, 3.63) is 143 Å². The molecule has 0 saturated carbocycles. The molecule has 4 aromatic carbocycles. The fourth-order valence-electron chi connectivity index (χ4n) is 4.84. The zero-order valence-electron chi connectivity index (χ0n) is 22.6. The van der Waals surface area contributed by atoms with Crippen LogP contribution in [0.5, 0.6) is 0 Å². The van der Waals surface area contributed by atoms with Gasteiger partial charge in [-0.15, -0.1) is 0 Å². The van der Waals surface area contributed by atoms with Crippen molar-refractivity contribution in [2.45, 2.75) is 44.2 Å². The number of carbonyl (C=O) groups excluding carboxylic acids is 1. The molecule has 0 radical (unpaired) electrons. The largest absolute Gasteiger partial charge is 0.465 e. The molecule has 0 unspecified atom stereocenters. The van der Waals surface area contributed by atoms with E-state index in [2.05, 4.69) is 0 Å². The Morgan fingerprint density at radius 2 is 1.15 bits per heavy atom. The number of rotatable bonds is 12. The summed E-state index contributed by atoms with van der Waals surface area (Å²) in [5.41, 5.74) is 4.59. The third kappa shape index (κ3) is 7.23. The molecule has 40 heavy (non-hydrogen) atoms. The first-order valence-corrected chi connectivity index (χ1v) is 13.5. The summed E-state index contributed by atoms with van der Waals surface area (Å²) >= 11 is 0. The quantitative estimate of drug-likeness (QED) is 0.197. The van der Waals surface area contributed by atoms with Gasteiger partial charge in [0, 0.05) is 0 Å². The molecule has 4 atom stereocenters. The van der Waals surface area contributed by atoms with Crippen molar-refractivity contribution in [3.63, 3.8) is 0 Å². The molecule has 0 spiro atoms. The topological polar surface area (TPSA) is 63.2 Å². The van der Waals surface area contributed by atoms with Crippen molar-refractivity contribution >= 4 is 5.97 Å². The smallest absolute Gasteiger partial charge is 0.337 e. The molecule has 1 heterocycles. The zero-order valence-corrected chi connectivity index (χ0v) is 22.6. The van der Waals surface area contributed by atoms with E-state index >= 15 is 0 Å². The van der Waals surface area contributed by atoms with Gasteiger partial charge in [-0.3, -0.25) is 0 Å². The van der Waals surface area contributed by atoms with E-state index in [1.54, 1.807) is 12.1 Å². The van der Waals surface area contributed by atoms with Gasteiger partial charge in [0.2, 0.25) is 0 Å². The third-order valence-electron chi connectivity index (χ3n) is 6.93. The van der Waals surface area contributed by atoms with Crippen molar-refractivity contribution < 1.29 is 28.5 Å². The van der Waals surface area contributed by atoms with Crippen molar-refractivity contribution in [2.24, 2.45) is 0 Å². The molecule has 0 aliphatic carbocycles. The van der Waals surface area contributed by atoms with Crippen LogP contribution < -0.4 is 0 Å². The normalized spacial score (nSPS) is 20.3. The molecule has 1 aliphatic rings. The van der Waals surface area contributed by atoms with Gasteiger partial charge in [-0.05, 0) is 34.4 Å². The number of methoxy groups -OCH3 is 1. The van der Waals surface area contributed by atoms with Gasteiger partial charge in [-0.25, -0.2) is 4.79 Å². The minimum absolute atomic E-state index is 0.344. The van der Waals surface area contributed by atoms with Crippen molar-refractivity contribution in [1.29, 1.82) is 0 Å². The first-order valence-electron chi connectivity index (χ1n) is 13.5. The number of hydrogen-bond acceptors (Lipinski definition) is 6. The Kier molecular flexibility index (Phi) is 9.72. The second kappa shape index (κ2) is 14.0. The number of esters is 1. The molecule has 0 N–H and O–H groups in total. The van der Waals surface area contributed by atoms with Gasteiger partial charge in [0.25, 0.3) is 0 Å². The molecule has 0 bridgehead atoms. The van der Waals surface area contributed by atoms with Crippen LogP contribution in [0.15, 0.2) is 115 Å². The summed E-state index contributed by atoms with van der Waals surface area (Å²) in [5.74, 6) is -0.382. The maximum absolute atomic E-state index is 12.0. The number of carbonyl (C=O) groups is 1. The predicted molar refractivity (Wildman–Crippen MR) is 152 cm³/mol. The van der Waals surface area contributed by atoms with E-state index in [0.29, 0.717) is 32.0 Å². The lowest BCUT2D eigenvalue weighted by molar-refractivity contribution is -0.0898. The van der Waals surface area contributed by atoms with E-state index < -0.39 is 12.2 Å². The van der Waals surface area contributed by atoms with Crippen LogP contribution in [-0.4, -0.2) is 38.0 Å². The number of ether oxygens (including phenoxy) is 5. The zero-order chi connectivity index (χ0) is 27.6. The lowest BCUT2D eigenvalue weighted by atomic mass is 9.99. The molecule has 5 rings (SSSR count). The second-order valence-electron chi connectivity index (χ2n) is 9.73. The highest BCUT2D eigenvalue weighted by atomic mass is 16.6. The molecule has 1 aliphatic heterocycles. The highest BCUT2D eigenvalue weighted by Crippen LogP contribution is 2.38. The van der Waals surface area contributed by atoms with Gasteiger partial charge in [-0.1, -0.05) is 103 Å². The summed E-state index contributed by atoms with van der Waals surface area (Å²) in [6.07, 6.45) is -1.57. The lowest BCUT2D eigenvalue weighted by Gasteiger charge is -2.25. The van der Waals surface area contributed by atoms with E-state index in [1.807, 2.05) is 103 Å². The lowest BCUT2D eigenvalue weighted by Crippen LogP contribution is -2.37. The summed E-state index contributed by atoms with van der Waals surface area (Å²) in [6.45, 7) is 1.65. The van der Waals surface area contributed by atoms with Crippen molar-refractivity contribution in [3.8, 4) is 0 Å². The van der Waals surface area contributed by atoms with Crippen LogP contribution in [0.3, 0.4) is 0 Å². The molecule has 1 saturated heterocycles. The van der Waals surface area contributed by atoms with Crippen LogP contribution in [0.2, 0.25) is 0 Å². The minimum atomic E-state index is -0.415. The Hall–Kier alpha value is -3.81. The van der Waals surface area contributed by atoms with E-state index in [-0.39, 0.29) is 18.2 Å². The molecule has 6 nitrogen and oxygen atoms in total. The Morgan fingerprint density at radius 1 is 0.650 bits per heavy atom. The van der Waals surface area contributed by atoms with E-state index in [1.165, 1.54) is 7.11 Å². The van der Waals surface area contributed by atoms with Gasteiger partial charge >= 0.3 is 5.97 Å². The molecule has 206 valence electrons. The highest BCUT2D eigenvalue weighted by Gasteiger charge is 2.47. The average molecular weight is 539 g/mol. The van der Waals surface area contributed by atoms with Crippen LogP contribution in [-0.2, 0) is 43.5 Å². The first-order chi connectivity index (χ1) is 19.7. The predicted octanol–water partition coefficient (Wildman–Crippen LogP) is 6.30. The van der Waals surface area contributed by atoms with Gasteiger partial charge in [-0.2, -0.15) is 0 Å². The van der Waals surface area contributed by atoms with E-state index in [9.17, 15) is 4.79 Å². The maximum Gasteiger partial charge on any atom is 0.337 e. The highest BCUT2D eigenvalue weighted by molar-refractivity contribution is 5.89. The summed E-state index contributed by atoms with van der Waals surface area (Å²) in [4.78, 5) is 12.0. The third-order valence-corrected chi connectivity index (χ3v) is 6.93. The first kappa shape index (κ1) is 27.7. The molecule has 6 heteroatoms. The maximum atomic E-state index is 12.0. The SMILES string of the molecule is COC(=O)c1ccc([C@@H]2O[C@H](COCc3ccccc3)[C@@H](OCc3ccccc3)[C@H]2OCc2ccccc2)cc1. The average Bonchev–Trinajstić information content (AvgIpc) is 3.37. The monoisotopic (exact) mass is 538 g/mol. The summed E-state index contributed by atoms with van der Waals surface area (Å²) in [6, 6.07) is 37.5. The summed E-state index contributed by atoms with van der Waals surface area (Å²) in [7, 11) is 1.37. The molecule has 0 aromatic heterocycles. The van der Waals surface area contributed by atoms with E-state index in [0.717, 1.165) is 22.3 Å². The van der Waals surface area contributed by atoms with Crippen molar-refractivity contribution in [2.75, 3.05) is 13.7 Å². The van der Waals surface area contributed by atoms with Gasteiger partial charge < -0.3 is 23.7 Å². The Bertz CT molecular complexity index is 1310.